The highest BCUT2D eigenvalue weighted by Gasteiger charge is 2.06. The zero-order valence-electron chi connectivity index (χ0n) is 6.82. The summed E-state index contributed by atoms with van der Waals surface area (Å²) < 4.78 is 2.54. The van der Waals surface area contributed by atoms with Crippen LogP contribution in [-0.4, -0.2) is 14.2 Å². The maximum atomic E-state index is 11.3. The minimum atomic E-state index is -0.270. The molecule has 0 aliphatic rings. The molecule has 1 aromatic heterocycles. The van der Waals surface area contributed by atoms with E-state index < -0.39 is 0 Å². The summed E-state index contributed by atoms with van der Waals surface area (Å²) in [5, 5.41) is 9.21. The molecular formula is C8H10N2O2. The van der Waals surface area contributed by atoms with Crippen molar-refractivity contribution in [3.8, 4) is 18.2 Å². The van der Waals surface area contributed by atoms with E-state index in [1.165, 1.54) is 15.3 Å². The first kappa shape index (κ1) is 8.47. The molecule has 0 aromatic carbocycles. The van der Waals surface area contributed by atoms with Crippen LogP contribution in [0, 0.1) is 12.3 Å². The van der Waals surface area contributed by atoms with Crippen LogP contribution in [0.5, 0.6) is 5.88 Å². The van der Waals surface area contributed by atoms with Crippen molar-refractivity contribution in [2.45, 2.75) is 20.0 Å². The Morgan fingerprint density at radius 2 is 2.42 bits per heavy atom. The van der Waals surface area contributed by atoms with Crippen LogP contribution in [0.25, 0.3) is 0 Å². The van der Waals surface area contributed by atoms with Crippen molar-refractivity contribution in [1.82, 2.24) is 9.13 Å². The lowest BCUT2D eigenvalue weighted by Gasteiger charge is -1.94. The first-order valence-electron chi connectivity index (χ1n) is 3.63. The first-order valence-corrected chi connectivity index (χ1v) is 3.63. The van der Waals surface area contributed by atoms with E-state index in [2.05, 4.69) is 5.92 Å². The fourth-order valence-electron chi connectivity index (χ4n) is 1.03. The number of aromatic nitrogens is 2. The van der Waals surface area contributed by atoms with Crippen LogP contribution in [0.2, 0.25) is 0 Å². The average molecular weight is 166 g/mol. The number of terminal acetylenes is 1. The number of imidazole rings is 1. The predicted octanol–water partition coefficient (Wildman–Crippen LogP) is 0.00850. The van der Waals surface area contributed by atoms with Crippen LogP contribution in [0.1, 0.15) is 6.92 Å². The second-order valence-electron chi connectivity index (χ2n) is 2.35. The fraction of sp³-hybridized carbons (Fsp3) is 0.375. The second-order valence-corrected chi connectivity index (χ2v) is 2.35. The molecule has 0 amide bonds. The smallest absolute Gasteiger partial charge is 0.331 e. The maximum Gasteiger partial charge on any atom is 0.331 e. The van der Waals surface area contributed by atoms with Gasteiger partial charge in [0.1, 0.15) is 0 Å². The standard InChI is InChI=1S/C8H10N2O2/c1-3-5-9-6-7(11)10(4-2)8(9)12/h1,6,11H,4-5H2,2H3. The third-order valence-corrected chi connectivity index (χ3v) is 1.60. The van der Waals surface area contributed by atoms with Gasteiger partial charge >= 0.3 is 5.69 Å². The van der Waals surface area contributed by atoms with E-state index in [1.807, 2.05) is 0 Å². The summed E-state index contributed by atoms with van der Waals surface area (Å²) in [5.41, 5.74) is -0.270. The molecular weight excluding hydrogens is 156 g/mol. The van der Waals surface area contributed by atoms with E-state index >= 15 is 0 Å². The Hall–Kier alpha value is -1.63. The molecule has 0 aliphatic heterocycles. The van der Waals surface area contributed by atoms with E-state index in [0.717, 1.165) is 0 Å². The summed E-state index contributed by atoms with van der Waals surface area (Å²) in [6, 6.07) is 0. The number of rotatable bonds is 2. The normalized spacial score (nSPS) is 9.67. The number of nitrogens with zero attached hydrogens (tertiary/aromatic N) is 2. The molecule has 0 saturated carbocycles. The van der Waals surface area contributed by atoms with Crippen LogP contribution in [0.4, 0.5) is 0 Å². The lowest BCUT2D eigenvalue weighted by molar-refractivity contribution is 0.418. The maximum absolute atomic E-state index is 11.3. The van der Waals surface area contributed by atoms with Crippen molar-refractivity contribution in [3.63, 3.8) is 0 Å². The van der Waals surface area contributed by atoms with Gasteiger partial charge in [0, 0.05) is 6.54 Å². The molecule has 12 heavy (non-hydrogen) atoms. The Bertz CT molecular complexity index is 367. The molecule has 0 radical (unpaired) electrons. The molecule has 0 bridgehead atoms. The van der Waals surface area contributed by atoms with Gasteiger partial charge in [-0.1, -0.05) is 5.92 Å². The van der Waals surface area contributed by atoms with Gasteiger partial charge in [-0.05, 0) is 6.92 Å². The van der Waals surface area contributed by atoms with E-state index in [9.17, 15) is 9.90 Å². The third kappa shape index (κ3) is 1.21. The van der Waals surface area contributed by atoms with Gasteiger partial charge < -0.3 is 5.11 Å². The summed E-state index contributed by atoms with van der Waals surface area (Å²) in [4.78, 5) is 11.3. The monoisotopic (exact) mass is 166 g/mol. The summed E-state index contributed by atoms with van der Waals surface area (Å²) in [6.45, 7) is 2.42. The SMILES string of the molecule is C#CCn1cc(O)n(CC)c1=O. The predicted molar refractivity (Wildman–Crippen MR) is 44.9 cm³/mol. The molecule has 4 heteroatoms. The molecule has 1 heterocycles. The fourth-order valence-corrected chi connectivity index (χ4v) is 1.03. The highest BCUT2D eigenvalue weighted by atomic mass is 16.3. The third-order valence-electron chi connectivity index (χ3n) is 1.60. The van der Waals surface area contributed by atoms with Gasteiger partial charge in [-0.25, -0.2) is 4.79 Å². The lowest BCUT2D eigenvalue weighted by atomic mass is 10.6. The highest BCUT2D eigenvalue weighted by Crippen LogP contribution is 2.04. The molecule has 1 N–H and O–H groups in total. The Morgan fingerprint density at radius 3 is 2.83 bits per heavy atom. The van der Waals surface area contributed by atoms with Gasteiger partial charge in [0.05, 0.1) is 12.7 Å². The number of hydrogen-bond donors (Lipinski definition) is 1. The van der Waals surface area contributed by atoms with Crippen molar-refractivity contribution >= 4 is 0 Å². The van der Waals surface area contributed by atoms with Crippen molar-refractivity contribution < 1.29 is 5.11 Å². The van der Waals surface area contributed by atoms with Crippen LogP contribution in [0.15, 0.2) is 11.0 Å². The molecule has 1 rings (SSSR count). The molecule has 0 aliphatic carbocycles. The van der Waals surface area contributed by atoms with Crippen molar-refractivity contribution in [3.05, 3.63) is 16.7 Å². The Kier molecular flexibility index (Phi) is 2.24. The summed E-state index contributed by atoms with van der Waals surface area (Å²) in [5.74, 6) is 2.28. The van der Waals surface area contributed by atoms with Gasteiger partial charge in [0.2, 0.25) is 5.88 Å². The highest BCUT2D eigenvalue weighted by molar-refractivity contribution is 5.06. The molecule has 0 fully saturated rings. The minimum absolute atomic E-state index is 0.0437. The molecule has 0 spiro atoms. The quantitative estimate of drug-likeness (QED) is 0.629. The van der Waals surface area contributed by atoms with E-state index in [-0.39, 0.29) is 18.1 Å². The van der Waals surface area contributed by atoms with E-state index in [0.29, 0.717) is 6.54 Å². The Labute approximate surface area is 70.1 Å². The van der Waals surface area contributed by atoms with Crippen LogP contribution >= 0.6 is 0 Å². The van der Waals surface area contributed by atoms with Crippen molar-refractivity contribution in [1.29, 1.82) is 0 Å². The van der Waals surface area contributed by atoms with E-state index in [4.69, 9.17) is 6.42 Å². The number of aromatic hydroxyl groups is 1. The van der Waals surface area contributed by atoms with Gasteiger partial charge in [0.25, 0.3) is 0 Å². The Balaban J connectivity index is 3.20. The first-order chi connectivity index (χ1) is 5.70. The van der Waals surface area contributed by atoms with Crippen molar-refractivity contribution in [2.24, 2.45) is 0 Å². The lowest BCUT2D eigenvalue weighted by Crippen LogP contribution is -2.23. The number of hydrogen-bond acceptors (Lipinski definition) is 2. The topological polar surface area (TPSA) is 47.2 Å². The van der Waals surface area contributed by atoms with Gasteiger partial charge in [0.15, 0.2) is 0 Å². The molecule has 64 valence electrons. The van der Waals surface area contributed by atoms with Crippen LogP contribution in [-0.2, 0) is 13.1 Å². The zero-order valence-corrected chi connectivity index (χ0v) is 6.82. The van der Waals surface area contributed by atoms with Crippen molar-refractivity contribution in [2.75, 3.05) is 0 Å². The molecule has 4 nitrogen and oxygen atoms in total. The average Bonchev–Trinajstić information content (AvgIpc) is 2.29. The molecule has 0 saturated heterocycles. The Morgan fingerprint density at radius 1 is 1.75 bits per heavy atom. The second kappa shape index (κ2) is 3.18. The molecule has 0 unspecified atom stereocenters. The largest absolute Gasteiger partial charge is 0.493 e. The van der Waals surface area contributed by atoms with Gasteiger partial charge in [-0.15, -0.1) is 6.42 Å². The van der Waals surface area contributed by atoms with Gasteiger partial charge in [-0.3, -0.25) is 9.13 Å². The van der Waals surface area contributed by atoms with Crippen LogP contribution in [0.3, 0.4) is 0 Å². The molecule has 0 atom stereocenters. The molecule has 1 aromatic rings. The van der Waals surface area contributed by atoms with E-state index in [1.54, 1.807) is 6.92 Å². The minimum Gasteiger partial charge on any atom is -0.493 e. The van der Waals surface area contributed by atoms with Gasteiger partial charge in [-0.2, -0.15) is 0 Å². The summed E-state index contributed by atoms with van der Waals surface area (Å²) in [7, 11) is 0. The summed E-state index contributed by atoms with van der Waals surface area (Å²) in [6.07, 6.45) is 6.37. The zero-order chi connectivity index (χ0) is 9.14. The summed E-state index contributed by atoms with van der Waals surface area (Å²) >= 11 is 0. The van der Waals surface area contributed by atoms with Crippen LogP contribution < -0.4 is 5.69 Å².